The number of esters is 1. The van der Waals surface area contributed by atoms with E-state index in [0.29, 0.717) is 33.7 Å². The normalized spacial score (nSPS) is 11.0. The quantitative estimate of drug-likeness (QED) is 0.581. The van der Waals surface area contributed by atoms with Crippen LogP contribution in [0.4, 0.5) is 0 Å². The molecule has 0 aliphatic rings. The molecule has 26 heavy (non-hydrogen) atoms. The summed E-state index contributed by atoms with van der Waals surface area (Å²) in [5.74, 6) is 1.20. The van der Waals surface area contributed by atoms with Gasteiger partial charge in [-0.15, -0.1) is 11.8 Å². The molecular formula is C20H22Cl2O3S. The van der Waals surface area contributed by atoms with Gasteiger partial charge in [0.2, 0.25) is 0 Å². The minimum atomic E-state index is -0.253. The van der Waals surface area contributed by atoms with Crippen LogP contribution in [0.1, 0.15) is 42.0 Å². The third kappa shape index (κ3) is 5.57. The molecule has 0 amide bonds. The van der Waals surface area contributed by atoms with Crippen LogP contribution in [0.25, 0.3) is 0 Å². The summed E-state index contributed by atoms with van der Waals surface area (Å²) in [7, 11) is 1.37. The highest BCUT2D eigenvalue weighted by Gasteiger charge is 2.12. The molecule has 3 nitrogen and oxygen atoms in total. The first-order chi connectivity index (χ1) is 12.3. The van der Waals surface area contributed by atoms with E-state index in [2.05, 4.69) is 4.74 Å². The maximum absolute atomic E-state index is 11.2. The van der Waals surface area contributed by atoms with E-state index in [4.69, 9.17) is 23.2 Å². The Balaban J connectivity index is 2.15. The highest BCUT2D eigenvalue weighted by atomic mass is 35.5. The van der Waals surface area contributed by atoms with Crippen molar-refractivity contribution in [3.8, 4) is 5.75 Å². The van der Waals surface area contributed by atoms with Gasteiger partial charge in [0, 0.05) is 22.2 Å². The summed E-state index contributed by atoms with van der Waals surface area (Å²) in [6.07, 6.45) is 0.591. The fourth-order valence-corrected chi connectivity index (χ4v) is 4.05. The second kappa shape index (κ2) is 9.54. The molecule has 0 fully saturated rings. The Morgan fingerprint density at radius 1 is 1.15 bits per heavy atom. The fraction of sp³-hybridized carbons (Fsp3) is 0.350. The number of hydrogen-bond donors (Lipinski definition) is 1. The Bertz CT molecular complexity index is 768. The highest BCUT2D eigenvalue weighted by Crippen LogP contribution is 2.32. The maximum atomic E-state index is 11.2. The van der Waals surface area contributed by atoms with Crippen LogP contribution >= 0.6 is 35.0 Å². The highest BCUT2D eigenvalue weighted by molar-refractivity contribution is 7.99. The molecule has 140 valence electrons. The second-order valence-corrected chi connectivity index (χ2v) is 8.13. The van der Waals surface area contributed by atoms with Crippen molar-refractivity contribution in [3.63, 3.8) is 0 Å². The number of phenolic OH excluding ortho intramolecular Hbond substituents is 1. The molecule has 0 heterocycles. The summed E-state index contributed by atoms with van der Waals surface area (Å²) in [6.45, 7) is 4.08. The number of ether oxygens (including phenoxy) is 1. The van der Waals surface area contributed by atoms with Crippen LogP contribution in [-0.2, 0) is 21.7 Å². The van der Waals surface area contributed by atoms with E-state index in [1.807, 2.05) is 38.1 Å². The zero-order chi connectivity index (χ0) is 19.3. The Morgan fingerprint density at radius 2 is 1.81 bits per heavy atom. The van der Waals surface area contributed by atoms with Gasteiger partial charge in [-0.25, -0.2) is 0 Å². The Morgan fingerprint density at radius 3 is 2.38 bits per heavy atom. The molecule has 0 aromatic heterocycles. The molecule has 2 aromatic rings. The van der Waals surface area contributed by atoms with Gasteiger partial charge in [0.1, 0.15) is 5.75 Å². The summed E-state index contributed by atoms with van der Waals surface area (Å²) in [5.41, 5.74) is 3.77. The minimum Gasteiger partial charge on any atom is -0.508 e. The van der Waals surface area contributed by atoms with Gasteiger partial charge in [0.25, 0.3) is 0 Å². The van der Waals surface area contributed by atoms with Crippen molar-refractivity contribution in [3.05, 3.63) is 62.6 Å². The van der Waals surface area contributed by atoms with Gasteiger partial charge in [0.15, 0.2) is 0 Å². The van der Waals surface area contributed by atoms with Gasteiger partial charge in [-0.1, -0.05) is 49.2 Å². The molecular weight excluding hydrogens is 391 g/mol. The van der Waals surface area contributed by atoms with Crippen molar-refractivity contribution >= 4 is 40.9 Å². The van der Waals surface area contributed by atoms with Crippen LogP contribution in [0.5, 0.6) is 5.75 Å². The monoisotopic (exact) mass is 412 g/mol. The van der Waals surface area contributed by atoms with Crippen LogP contribution in [0.3, 0.4) is 0 Å². The van der Waals surface area contributed by atoms with Gasteiger partial charge in [-0.05, 0) is 46.4 Å². The lowest BCUT2D eigenvalue weighted by Gasteiger charge is -2.13. The number of thioether (sulfide) groups is 1. The maximum Gasteiger partial charge on any atom is 0.315 e. The zero-order valence-corrected chi connectivity index (χ0v) is 17.3. The predicted molar refractivity (Wildman–Crippen MR) is 110 cm³/mol. The van der Waals surface area contributed by atoms with Gasteiger partial charge in [-0.2, -0.15) is 0 Å². The average Bonchev–Trinajstić information content (AvgIpc) is 2.59. The lowest BCUT2D eigenvalue weighted by Crippen LogP contribution is -2.03. The van der Waals surface area contributed by atoms with Crippen molar-refractivity contribution < 1.29 is 14.6 Å². The molecule has 0 saturated heterocycles. The standard InChI is InChI=1S/C20H22Cl2O3S/c1-12(2)15-6-13(4-5-19(15)23)7-16-17(21)8-14(9-18(16)22)10-26-11-20(24)25-3/h4-6,8-9,12,23H,7,10-11H2,1-3H3. The number of hydrogen-bond acceptors (Lipinski definition) is 4. The van der Waals surface area contributed by atoms with Gasteiger partial charge >= 0.3 is 5.97 Å². The SMILES string of the molecule is COC(=O)CSCc1cc(Cl)c(Cc2ccc(O)c(C(C)C)c2)c(Cl)c1. The largest absolute Gasteiger partial charge is 0.508 e. The lowest BCUT2D eigenvalue weighted by molar-refractivity contribution is -0.137. The number of methoxy groups -OCH3 is 1. The minimum absolute atomic E-state index is 0.232. The van der Waals surface area contributed by atoms with Crippen molar-refractivity contribution in [2.45, 2.75) is 31.9 Å². The van der Waals surface area contributed by atoms with E-state index in [-0.39, 0.29) is 11.9 Å². The zero-order valence-electron chi connectivity index (χ0n) is 15.0. The summed E-state index contributed by atoms with van der Waals surface area (Å²) < 4.78 is 4.63. The van der Waals surface area contributed by atoms with Gasteiger partial charge in [-0.3, -0.25) is 4.79 Å². The first-order valence-corrected chi connectivity index (χ1v) is 10.2. The van der Waals surface area contributed by atoms with Crippen LogP contribution < -0.4 is 0 Å². The van der Waals surface area contributed by atoms with Crippen LogP contribution in [0.2, 0.25) is 10.0 Å². The Kier molecular flexibility index (Phi) is 7.69. The molecule has 2 rings (SSSR count). The Labute approximate surface area is 168 Å². The predicted octanol–water partition coefficient (Wildman–Crippen LogP) is 5.82. The third-order valence-corrected chi connectivity index (χ3v) is 5.66. The van der Waals surface area contributed by atoms with Crippen molar-refractivity contribution in [1.82, 2.24) is 0 Å². The first kappa shape index (κ1) is 20.9. The van der Waals surface area contributed by atoms with E-state index in [9.17, 15) is 9.90 Å². The summed E-state index contributed by atoms with van der Waals surface area (Å²) >= 11 is 14.4. The molecule has 0 unspecified atom stereocenters. The molecule has 6 heteroatoms. The number of carbonyl (C=O) groups is 1. The van der Waals surface area contributed by atoms with E-state index in [0.717, 1.165) is 22.3 Å². The number of rotatable bonds is 7. The van der Waals surface area contributed by atoms with E-state index in [1.54, 1.807) is 6.07 Å². The molecule has 0 aliphatic heterocycles. The molecule has 0 aliphatic carbocycles. The number of halogens is 2. The van der Waals surface area contributed by atoms with Gasteiger partial charge in [0.05, 0.1) is 12.9 Å². The molecule has 0 spiro atoms. The number of aromatic hydroxyl groups is 1. The molecule has 0 atom stereocenters. The molecule has 2 aromatic carbocycles. The second-order valence-electron chi connectivity index (χ2n) is 6.33. The van der Waals surface area contributed by atoms with Crippen LogP contribution in [0, 0.1) is 0 Å². The van der Waals surface area contributed by atoms with Crippen molar-refractivity contribution in [1.29, 1.82) is 0 Å². The molecule has 0 saturated carbocycles. The van der Waals surface area contributed by atoms with Crippen molar-refractivity contribution in [2.24, 2.45) is 0 Å². The Hall–Kier alpha value is -1.36. The van der Waals surface area contributed by atoms with Crippen molar-refractivity contribution in [2.75, 3.05) is 12.9 Å². The van der Waals surface area contributed by atoms with E-state index >= 15 is 0 Å². The van der Waals surface area contributed by atoms with E-state index in [1.165, 1.54) is 18.9 Å². The summed E-state index contributed by atoms with van der Waals surface area (Å²) in [6, 6.07) is 9.36. The fourth-order valence-electron chi connectivity index (χ4n) is 2.60. The number of carbonyl (C=O) groups excluding carboxylic acids is 1. The molecule has 0 bridgehead atoms. The smallest absolute Gasteiger partial charge is 0.315 e. The average molecular weight is 413 g/mol. The van der Waals surface area contributed by atoms with Crippen LogP contribution in [-0.4, -0.2) is 23.9 Å². The summed E-state index contributed by atoms with van der Waals surface area (Å²) in [4.78, 5) is 11.2. The molecule has 0 radical (unpaired) electrons. The topological polar surface area (TPSA) is 46.5 Å². The lowest BCUT2D eigenvalue weighted by atomic mass is 9.96. The molecule has 1 N–H and O–H groups in total. The van der Waals surface area contributed by atoms with E-state index < -0.39 is 0 Å². The summed E-state index contributed by atoms with van der Waals surface area (Å²) in [5, 5.41) is 11.2. The first-order valence-electron chi connectivity index (χ1n) is 8.25. The van der Waals surface area contributed by atoms with Crippen LogP contribution in [0.15, 0.2) is 30.3 Å². The number of benzene rings is 2. The van der Waals surface area contributed by atoms with Gasteiger partial charge < -0.3 is 9.84 Å². The number of phenols is 1. The third-order valence-electron chi connectivity index (χ3n) is 4.01.